The maximum atomic E-state index is 5.83. The summed E-state index contributed by atoms with van der Waals surface area (Å²) in [6.45, 7) is 5.44. The van der Waals surface area contributed by atoms with Gasteiger partial charge in [-0.3, -0.25) is 4.98 Å². The molecule has 1 saturated heterocycles. The molecule has 1 fully saturated rings. The van der Waals surface area contributed by atoms with E-state index in [0.29, 0.717) is 0 Å². The number of anilines is 1. The normalized spacial score (nSPS) is 18.9. The van der Waals surface area contributed by atoms with E-state index in [-0.39, 0.29) is 6.04 Å². The lowest BCUT2D eigenvalue weighted by atomic mass is 9.96. The van der Waals surface area contributed by atoms with Gasteiger partial charge in [-0.2, -0.15) is 0 Å². The number of piperidine rings is 1. The van der Waals surface area contributed by atoms with Crippen LogP contribution in [0.3, 0.4) is 0 Å². The molecule has 1 aromatic heterocycles. The van der Waals surface area contributed by atoms with E-state index < -0.39 is 0 Å². The van der Waals surface area contributed by atoms with E-state index in [1.807, 2.05) is 19.2 Å². The number of pyridine rings is 1. The van der Waals surface area contributed by atoms with Gasteiger partial charge >= 0.3 is 0 Å². The van der Waals surface area contributed by atoms with Crippen molar-refractivity contribution in [3.05, 3.63) is 24.0 Å². The Morgan fingerprint density at radius 2 is 2.05 bits per heavy atom. The van der Waals surface area contributed by atoms with Gasteiger partial charge in [-0.25, -0.2) is 0 Å². The Kier molecular flexibility index (Phi) is 4.77. The van der Waals surface area contributed by atoms with E-state index in [9.17, 15) is 0 Å². The highest BCUT2D eigenvalue weighted by Crippen LogP contribution is 2.23. The van der Waals surface area contributed by atoms with Crippen molar-refractivity contribution in [3.8, 4) is 0 Å². The molecule has 106 valence electrons. The molecule has 1 atom stereocenters. The maximum absolute atomic E-state index is 5.83. The molecule has 1 aliphatic rings. The second-order valence-corrected chi connectivity index (χ2v) is 5.92. The zero-order valence-electron chi connectivity index (χ0n) is 12.3. The van der Waals surface area contributed by atoms with Crippen LogP contribution in [0.2, 0.25) is 0 Å². The summed E-state index contributed by atoms with van der Waals surface area (Å²) < 4.78 is 0. The molecule has 0 bridgehead atoms. The first kappa shape index (κ1) is 14.3. The Bertz CT molecular complexity index is 378. The lowest BCUT2D eigenvalue weighted by Crippen LogP contribution is -2.37. The fourth-order valence-corrected chi connectivity index (χ4v) is 2.74. The molecule has 0 saturated carbocycles. The minimum atomic E-state index is 0.0138. The number of hydrogen-bond acceptors (Lipinski definition) is 4. The molecule has 4 heteroatoms. The van der Waals surface area contributed by atoms with Gasteiger partial charge < -0.3 is 15.5 Å². The quantitative estimate of drug-likeness (QED) is 0.900. The third-order valence-corrected chi connectivity index (χ3v) is 3.84. The highest BCUT2D eigenvalue weighted by Gasteiger charge is 2.20. The van der Waals surface area contributed by atoms with E-state index in [0.717, 1.165) is 24.7 Å². The fraction of sp³-hybridized carbons (Fsp3) is 0.667. The largest absolute Gasteiger partial charge is 0.370 e. The first-order valence-corrected chi connectivity index (χ1v) is 7.17. The molecule has 2 rings (SSSR count). The average molecular weight is 262 g/mol. The first-order chi connectivity index (χ1) is 9.06. The Morgan fingerprint density at radius 1 is 1.37 bits per heavy atom. The van der Waals surface area contributed by atoms with Gasteiger partial charge in [0.1, 0.15) is 0 Å². The van der Waals surface area contributed by atoms with Gasteiger partial charge in [-0.05, 0) is 51.9 Å². The molecule has 0 radical (unpaired) electrons. The van der Waals surface area contributed by atoms with E-state index in [4.69, 9.17) is 5.73 Å². The van der Waals surface area contributed by atoms with Gasteiger partial charge in [0, 0.05) is 25.7 Å². The molecule has 0 aliphatic carbocycles. The molecule has 0 amide bonds. The molecular weight excluding hydrogens is 236 g/mol. The van der Waals surface area contributed by atoms with Crippen LogP contribution in [0, 0.1) is 5.92 Å². The first-order valence-electron chi connectivity index (χ1n) is 7.17. The third kappa shape index (κ3) is 3.91. The Labute approximate surface area is 116 Å². The lowest BCUT2D eigenvalue weighted by molar-refractivity contribution is 0.285. The van der Waals surface area contributed by atoms with Crippen molar-refractivity contribution < 1.29 is 0 Å². The number of nitrogens with zero attached hydrogens (tertiary/aromatic N) is 3. The van der Waals surface area contributed by atoms with Crippen molar-refractivity contribution in [2.45, 2.75) is 25.8 Å². The van der Waals surface area contributed by atoms with Gasteiger partial charge in [0.25, 0.3) is 0 Å². The predicted octanol–water partition coefficient (Wildman–Crippen LogP) is 1.88. The van der Waals surface area contributed by atoms with E-state index in [2.05, 4.69) is 34.9 Å². The zero-order chi connectivity index (χ0) is 13.8. The van der Waals surface area contributed by atoms with Crippen molar-refractivity contribution in [2.24, 2.45) is 11.7 Å². The Hall–Kier alpha value is -1.13. The van der Waals surface area contributed by atoms with Crippen molar-refractivity contribution in [3.63, 3.8) is 0 Å². The topological polar surface area (TPSA) is 45.4 Å². The van der Waals surface area contributed by atoms with Crippen molar-refractivity contribution in [2.75, 3.05) is 38.6 Å². The van der Waals surface area contributed by atoms with Gasteiger partial charge in [-0.15, -0.1) is 0 Å². The molecule has 2 N–H and O–H groups in total. The molecule has 1 aliphatic heterocycles. The summed E-state index contributed by atoms with van der Waals surface area (Å²) in [6, 6.07) is 4.21. The molecular formula is C15H26N4. The van der Waals surface area contributed by atoms with Gasteiger partial charge in [-0.1, -0.05) is 0 Å². The van der Waals surface area contributed by atoms with Crippen molar-refractivity contribution in [1.29, 1.82) is 0 Å². The highest BCUT2D eigenvalue weighted by atomic mass is 15.1. The van der Waals surface area contributed by atoms with Crippen LogP contribution in [0.25, 0.3) is 0 Å². The lowest BCUT2D eigenvalue weighted by Gasteiger charge is -2.34. The van der Waals surface area contributed by atoms with Crippen LogP contribution >= 0.6 is 0 Å². The smallest absolute Gasteiger partial charge is 0.0569 e. The Morgan fingerprint density at radius 3 is 2.53 bits per heavy atom. The number of aromatic nitrogens is 1. The monoisotopic (exact) mass is 262 g/mol. The van der Waals surface area contributed by atoms with E-state index in [1.54, 1.807) is 0 Å². The minimum absolute atomic E-state index is 0.0138. The summed E-state index contributed by atoms with van der Waals surface area (Å²) in [5.74, 6) is 0.836. The highest BCUT2D eigenvalue weighted by molar-refractivity contribution is 5.45. The molecule has 0 spiro atoms. The average Bonchev–Trinajstić information content (AvgIpc) is 2.39. The van der Waals surface area contributed by atoms with Crippen LogP contribution in [0.1, 0.15) is 31.5 Å². The minimum Gasteiger partial charge on any atom is -0.370 e. The standard InChI is InChI=1S/C15H26N4/c1-12(16)15-5-4-14(10-17-15)19-8-6-13(7-9-19)11-18(2)3/h4-5,10,12-13H,6-9,11,16H2,1-3H3. The molecule has 2 heterocycles. The summed E-state index contributed by atoms with van der Waals surface area (Å²) in [4.78, 5) is 9.17. The van der Waals surface area contributed by atoms with Gasteiger partial charge in [0.15, 0.2) is 0 Å². The third-order valence-electron chi connectivity index (χ3n) is 3.84. The predicted molar refractivity (Wildman–Crippen MR) is 80.3 cm³/mol. The molecule has 1 aromatic rings. The van der Waals surface area contributed by atoms with Gasteiger partial charge in [0.2, 0.25) is 0 Å². The van der Waals surface area contributed by atoms with E-state index >= 15 is 0 Å². The van der Waals surface area contributed by atoms with E-state index in [1.165, 1.54) is 25.1 Å². The van der Waals surface area contributed by atoms with Crippen LogP contribution in [0.4, 0.5) is 5.69 Å². The van der Waals surface area contributed by atoms with Crippen LogP contribution in [0.5, 0.6) is 0 Å². The second-order valence-electron chi connectivity index (χ2n) is 5.92. The summed E-state index contributed by atoms with van der Waals surface area (Å²) in [5, 5.41) is 0. The molecule has 4 nitrogen and oxygen atoms in total. The summed E-state index contributed by atoms with van der Waals surface area (Å²) in [5.41, 5.74) is 8.02. The summed E-state index contributed by atoms with van der Waals surface area (Å²) >= 11 is 0. The summed E-state index contributed by atoms with van der Waals surface area (Å²) in [7, 11) is 4.31. The maximum Gasteiger partial charge on any atom is 0.0569 e. The second kappa shape index (κ2) is 6.35. The van der Waals surface area contributed by atoms with Crippen molar-refractivity contribution in [1.82, 2.24) is 9.88 Å². The van der Waals surface area contributed by atoms with Crippen molar-refractivity contribution >= 4 is 5.69 Å². The molecule has 1 unspecified atom stereocenters. The van der Waals surface area contributed by atoms with Crippen LogP contribution in [0.15, 0.2) is 18.3 Å². The number of rotatable bonds is 4. The van der Waals surface area contributed by atoms with Crippen LogP contribution in [-0.2, 0) is 0 Å². The van der Waals surface area contributed by atoms with Crippen LogP contribution in [-0.4, -0.2) is 43.6 Å². The van der Waals surface area contributed by atoms with Gasteiger partial charge in [0.05, 0.1) is 17.6 Å². The fourth-order valence-electron chi connectivity index (χ4n) is 2.74. The van der Waals surface area contributed by atoms with Crippen LogP contribution < -0.4 is 10.6 Å². The number of hydrogen-bond donors (Lipinski definition) is 1. The zero-order valence-corrected chi connectivity index (χ0v) is 12.3. The Balaban J connectivity index is 1.90. The SMILES string of the molecule is CC(N)c1ccc(N2CCC(CN(C)C)CC2)cn1. The molecule has 0 aromatic carbocycles. The number of nitrogens with two attached hydrogens (primary N) is 1. The molecule has 19 heavy (non-hydrogen) atoms. The summed E-state index contributed by atoms with van der Waals surface area (Å²) in [6.07, 6.45) is 4.51.